The summed E-state index contributed by atoms with van der Waals surface area (Å²) < 4.78 is 0.724. The summed E-state index contributed by atoms with van der Waals surface area (Å²) in [6.45, 7) is 4.92. The minimum absolute atomic E-state index is 0.269. The van der Waals surface area contributed by atoms with Crippen molar-refractivity contribution in [2.75, 3.05) is 5.32 Å². The maximum atomic E-state index is 9.43. The number of benzene rings is 2. The first-order valence-corrected chi connectivity index (χ1v) is 6.63. The molecule has 2 N–H and O–H groups in total. The summed E-state index contributed by atoms with van der Waals surface area (Å²) in [6, 6.07) is 11.9. The average molecular weight is 306 g/mol. The van der Waals surface area contributed by atoms with Crippen LogP contribution in [0.25, 0.3) is 0 Å². The number of rotatable bonds is 3. The Balaban J connectivity index is 2.08. The fourth-order valence-corrected chi connectivity index (χ4v) is 2.37. The van der Waals surface area contributed by atoms with E-state index in [1.165, 1.54) is 11.1 Å². The van der Waals surface area contributed by atoms with E-state index in [1.54, 1.807) is 6.07 Å². The normalized spacial score (nSPS) is 10.4. The maximum absolute atomic E-state index is 9.43. The van der Waals surface area contributed by atoms with Crippen molar-refractivity contribution in [1.82, 2.24) is 0 Å². The molecule has 0 atom stereocenters. The lowest BCUT2D eigenvalue weighted by molar-refractivity contribution is 0.471. The Hall–Kier alpha value is -1.48. The van der Waals surface area contributed by atoms with Gasteiger partial charge in [0, 0.05) is 12.2 Å². The summed E-state index contributed by atoms with van der Waals surface area (Å²) in [6.07, 6.45) is 0. The Bertz CT molecular complexity index is 546. The zero-order chi connectivity index (χ0) is 13.1. The zero-order valence-corrected chi connectivity index (χ0v) is 12.1. The number of aromatic hydroxyl groups is 1. The molecule has 2 aromatic carbocycles. The van der Waals surface area contributed by atoms with Crippen molar-refractivity contribution in [1.29, 1.82) is 0 Å². The molecule has 94 valence electrons. The van der Waals surface area contributed by atoms with Gasteiger partial charge in [-0.25, -0.2) is 0 Å². The molecule has 2 aromatic rings. The number of anilines is 1. The summed E-state index contributed by atoms with van der Waals surface area (Å²) in [5, 5.41) is 12.8. The summed E-state index contributed by atoms with van der Waals surface area (Å²) in [7, 11) is 0. The highest BCUT2D eigenvalue weighted by molar-refractivity contribution is 9.10. The van der Waals surface area contributed by atoms with Crippen LogP contribution in [0.2, 0.25) is 0 Å². The highest BCUT2D eigenvalue weighted by Gasteiger charge is 2.00. The lowest BCUT2D eigenvalue weighted by atomic mass is 10.1. The molecule has 18 heavy (non-hydrogen) atoms. The van der Waals surface area contributed by atoms with Crippen molar-refractivity contribution in [3.8, 4) is 5.75 Å². The monoisotopic (exact) mass is 305 g/mol. The number of hydrogen-bond acceptors (Lipinski definition) is 2. The first-order chi connectivity index (χ1) is 8.54. The average Bonchev–Trinajstić information content (AvgIpc) is 2.29. The zero-order valence-electron chi connectivity index (χ0n) is 10.5. The van der Waals surface area contributed by atoms with Gasteiger partial charge in [0.15, 0.2) is 0 Å². The smallest absolute Gasteiger partial charge is 0.129 e. The molecule has 0 aliphatic heterocycles. The largest absolute Gasteiger partial charge is 0.507 e. The van der Waals surface area contributed by atoms with Crippen LogP contribution < -0.4 is 5.32 Å². The highest BCUT2D eigenvalue weighted by atomic mass is 79.9. The van der Waals surface area contributed by atoms with Crippen LogP contribution in [0.4, 0.5) is 5.69 Å². The van der Waals surface area contributed by atoms with Gasteiger partial charge in [-0.15, -0.1) is 0 Å². The third-order valence-corrected chi connectivity index (χ3v) is 3.37. The number of nitrogens with one attached hydrogen (secondary N) is 1. The molecule has 0 saturated heterocycles. The molecule has 0 spiro atoms. The van der Waals surface area contributed by atoms with Gasteiger partial charge in [-0.3, -0.25) is 0 Å². The van der Waals surface area contributed by atoms with E-state index in [0.717, 1.165) is 22.3 Å². The lowest BCUT2D eigenvalue weighted by Crippen LogP contribution is -2.00. The molecule has 0 aliphatic carbocycles. The molecule has 0 radical (unpaired) electrons. The second kappa shape index (κ2) is 5.44. The van der Waals surface area contributed by atoms with E-state index < -0.39 is 0 Å². The van der Waals surface area contributed by atoms with Gasteiger partial charge < -0.3 is 10.4 Å². The third kappa shape index (κ3) is 3.26. The number of halogens is 1. The molecule has 0 fully saturated rings. The molecular weight excluding hydrogens is 290 g/mol. The molecule has 0 heterocycles. The van der Waals surface area contributed by atoms with Gasteiger partial charge in [-0.2, -0.15) is 0 Å². The van der Waals surface area contributed by atoms with E-state index in [0.29, 0.717) is 0 Å². The van der Waals surface area contributed by atoms with Crippen LogP contribution in [-0.4, -0.2) is 5.11 Å². The molecule has 0 bridgehead atoms. The van der Waals surface area contributed by atoms with Crippen LogP contribution in [0.1, 0.15) is 16.7 Å². The highest BCUT2D eigenvalue weighted by Crippen LogP contribution is 2.24. The molecule has 0 amide bonds. The fourth-order valence-electron chi connectivity index (χ4n) is 1.94. The van der Waals surface area contributed by atoms with Crippen LogP contribution in [-0.2, 0) is 6.54 Å². The van der Waals surface area contributed by atoms with E-state index in [9.17, 15) is 5.11 Å². The van der Waals surface area contributed by atoms with E-state index in [-0.39, 0.29) is 5.75 Å². The van der Waals surface area contributed by atoms with Gasteiger partial charge in [0.1, 0.15) is 5.75 Å². The molecule has 0 aliphatic rings. The quantitative estimate of drug-likeness (QED) is 0.882. The molecule has 2 rings (SSSR count). The number of phenolic OH excluding ortho intramolecular Hbond substituents is 1. The van der Waals surface area contributed by atoms with Gasteiger partial charge in [0.2, 0.25) is 0 Å². The number of aryl methyl sites for hydroxylation is 2. The van der Waals surface area contributed by atoms with Crippen LogP contribution in [0, 0.1) is 13.8 Å². The van der Waals surface area contributed by atoms with E-state index in [1.807, 2.05) is 12.1 Å². The lowest BCUT2D eigenvalue weighted by Gasteiger charge is -2.09. The van der Waals surface area contributed by atoms with Gasteiger partial charge in [-0.1, -0.05) is 12.1 Å². The second-order valence-electron chi connectivity index (χ2n) is 4.52. The molecule has 0 saturated carbocycles. The van der Waals surface area contributed by atoms with Gasteiger partial charge in [-0.05, 0) is 70.7 Å². The Morgan fingerprint density at radius 3 is 2.33 bits per heavy atom. The molecule has 3 heteroatoms. The minimum atomic E-state index is 0.269. The van der Waals surface area contributed by atoms with E-state index in [2.05, 4.69) is 53.3 Å². The Morgan fingerprint density at radius 2 is 1.72 bits per heavy atom. The Labute approximate surface area is 116 Å². The van der Waals surface area contributed by atoms with Gasteiger partial charge in [0.05, 0.1) is 4.47 Å². The predicted octanol–water partition coefficient (Wildman–Crippen LogP) is 4.38. The SMILES string of the molecule is Cc1cc(C)cc(NCc2ccc(O)c(Br)c2)c1. The van der Waals surface area contributed by atoms with Crippen LogP contribution in [0.3, 0.4) is 0 Å². The van der Waals surface area contributed by atoms with Crippen LogP contribution >= 0.6 is 15.9 Å². The summed E-state index contributed by atoms with van der Waals surface area (Å²) in [5.41, 5.74) is 4.75. The molecular formula is C15H16BrNO. The summed E-state index contributed by atoms with van der Waals surface area (Å²) in [5.74, 6) is 0.269. The van der Waals surface area contributed by atoms with Crippen LogP contribution in [0.5, 0.6) is 5.75 Å². The first kappa shape index (κ1) is 13.0. The topological polar surface area (TPSA) is 32.3 Å². The minimum Gasteiger partial charge on any atom is -0.507 e. The van der Waals surface area contributed by atoms with Crippen LogP contribution in [0.15, 0.2) is 40.9 Å². The predicted molar refractivity (Wildman–Crippen MR) is 79.0 cm³/mol. The van der Waals surface area contributed by atoms with Gasteiger partial charge >= 0.3 is 0 Å². The van der Waals surface area contributed by atoms with Crippen molar-refractivity contribution in [3.63, 3.8) is 0 Å². The molecule has 0 unspecified atom stereocenters. The van der Waals surface area contributed by atoms with Crippen molar-refractivity contribution >= 4 is 21.6 Å². The third-order valence-electron chi connectivity index (χ3n) is 2.73. The van der Waals surface area contributed by atoms with E-state index >= 15 is 0 Å². The second-order valence-corrected chi connectivity index (χ2v) is 5.37. The van der Waals surface area contributed by atoms with E-state index in [4.69, 9.17) is 0 Å². The van der Waals surface area contributed by atoms with Crippen molar-refractivity contribution in [3.05, 3.63) is 57.6 Å². The summed E-state index contributed by atoms with van der Waals surface area (Å²) in [4.78, 5) is 0. The number of hydrogen-bond donors (Lipinski definition) is 2. The Morgan fingerprint density at radius 1 is 1.06 bits per heavy atom. The van der Waals surface area contributed by atoms with Crippen molar-refractivity contribution < 1.29 is 5.11 Å². The maximum Gasteiger partial charge on any atom is 0.129 e. The fraction of sp³-hybridized carbons (Fsp3) is 0.200. The first-order valence-electron chi connectivity index (χ1n) is 5.84. The molecule has 2 nitrogen and oxygen atoms in total. The van der Waals surface area contributed by atoms with Crippen molar-refractivity contribution in [2.24, 2.45) is 0 Å². The van der Waals surface area contributed by atoms with Gasteiger partial charge in [0.25, 0.3) is 0 Å². The van der Waals surface area contributed by atoms with Crippen molar-refractivity contribution in [2.45, 2.75) is 20.4 Å². The standard InChI is InChI=1S/C15H16BrNO/c1-10-5-11(2)7-13(6-10)17-9-12-3-4-15(18)14(16)8-12/h3-8,17-18H,9H2,1-2H3. The summed E-state index contributed by atoms with van der Waals surface area (Å²) >= 11 is 3.32. The molecule has 0 aromatic heterocycles. The number of phenols is 1. The Kier molecular flexibility index (Phi) is 3.92.